The Bertz CT molecular complexity index is 788. The summed E-state index contributed by atoms with van der Waals surface area (Å²) in [7, 11) is 0. The van der Waals surface area contributed by atoms with E-state index in [1.54, 1.807) is 6.07 Å². The second-order valence-electron chi connectivity index (χ2n) is 5.58. The van der Waals surface area contributed by atoms with Crippen LogP contribution < -0.4 is 9.47 Å². The molecule has 0 saturated carbocycles. The highest BCUT2D eigenvalue weighted by Gasteiger charge is 2.35. The third-order valence-corrected chi connectivity index (χ3v) is 4.23. The molecule has 0 bridgehead atoms. The van der Waals surface area contributed by atoms with Crippen molar-refractivity contribution in [3.8, 4) is 11.5 Å². The molecular weight excluding hydrogens is 365 g/mol. The minimum absolute atomic E-state index is 0.151. The maximum atomic E-state index is 13.4. The molecule has 2 aromatic carbocycles. The summed E-state index contributed by atoms with van der Waals surface area (Å²) in [5.74, 6) is 0.336. The summed E-state index contributed by atoms with van der Waals surface area (Å²) in [6, 6.07) is 9.01. The summed E-state index contributed by atoms with van der Waals surface area (Å²) in [6.07, 6.45) is -2.24. The van der Waals surface area contributed by atoms with Gasteiger partial charge in [0.05, 0.1) is 5.56 Å². The number of hydrogen-bond donors (Lipinski definition) is 0. The molecule has 0 aliphatic carbocycles. The zero-order chi connectivity index (χ0) is 19.3. The Morgan fingerprint density at radius 2 is 1.88 bits per heavy atom. The number of halogens is 3. The fraction of sp³-hybridized carbons (Fsp3) is 0.316. The van der Waals surface area contributed by atoms with Gasteiger partial charge in [-0.05, 0) is 60.7 Å². The number of rotatable bonds is 5. The number of ether oxygens (including phenoxy) is 2. The second kappa shape index (κ2) is 8.49. The predicted molar refractivity (Wildman–Crippen MR) is 95.9 cm³/mol. The first-order valence-corrected chi connectivity index (χ1v) is 9.16. The maximum Gasteiger partial charge on any atom is 0.416 e. The van der Waals surface area contributed by atoms with Crippen LogP contribution in [0.25, 0.3) is 0 Å². The molecule has 0 unspecified atom stereocenters. The van der Waals surface area contributed by atoms with E-state index in [-0.39, 0.29) is 17.9 Å². The molecule has 0 aliphatic heterocycles. The Balaban J connectivity index is 2.35. The lowest BCUT2D eigenvalue weighted by Gasteiger charge is -2.18. The summed E-state index contributed by atoms with van der Waals surface area (Å²) in [4.78, 5) is 11.5. The number of aryl methyl sites for hydroxylation is 2. The Hall–Kier alpha value is -2.15. The van der Waals surface area contributed by atoms with Gasteiger partial charge in [0.15, 0.2) is 0 Å². The van der Waals surface area contributed by atoms with Gasteiger partial charge >= 0.3 is 11.5 Å². The smallest absolute Gasteiger partial charge is 0.416 e. The molecule has 0 aliphatic rings. The van der Waals surface area contributed by atoms with Gasteiger partial charge in [-0.1, -0.05) is 25.1 Å². The van der Waals surface area contributed by atoms with Gasteiger partial charge in [-0.15, -0.1) is 0 Å². The number of hydrogen-bond acceptors (Lipinski definition) is 4. The van der Waals surface area contributed by atoms with Crippen molar-refractivity contribution < 1.29 is 27.4 Å². The summed E-state index contributed by atoms with van der Waals surface area (Å²) < 4.78 is 50.7. The van der Waals surface area contributed by atoms with Crippen molar-refractivity contribution in [2.75, 3.05) is 6.26 Å². The number of benzene rings is 2. The van der Waals surface area contributed by atoms with Gasteiger partial charge in [0.1, 0.15) is 18.1 Å². The zero-order valence-corrected chi connectivity index (χ0v) is 15.5. The first-order chi connectivity index (χ1) is 12.3. The molecule has 140 valence electrons. The minimum Gasteiger partial charge on any atom is -0.488 e. The van der Waals surface area contributed by atoms with E-state index in [4.69, 9.17) is 9.47 Å². The summed E-state index contributed by atoms with van der Waals surface area (Å²) in [5, 5.41) is -0.686. The van der Waals surface area contributed by atoms with E-state index < -0.39 is 17.0 Å². The van der Waals surface area contributed by atoms with Gasteiger partial charge in [0, 0.05) is 5.56 Å². The first-order valence-electron chi connectivity index (χ1n) is 7.93. The molecule has 2 aromatic rings. The molecule has 0 N–H and O–H groups in total. The standard InChI is InChI=1S/C19H19F3O3S/c1-4-13-8-9-16(12(2)10-13)24-11-14-15(19(20,21)22)6-5-7-17(14)25-18(23)26-3/h5-10H,4,11H2,1-3H3. The van der Waals surface area contributed by atoms with E-state index in [0.29, 0.717) is 5.75 Å². The average Bonchev–Trinajstić information content (AvgIpc) is 2.60. The van der Waals surface area contributed by atoms with E-state index in [0.717, 1.165) is 35.4 Å². The molecule has 3 nitrogen and oxygen atoms in total. The monoisotopic (exact) mass is 384 g/mol. The Morgan fingerprint density at radius 3 is 2.46 bits per heavy atom. The molecule has 0 atom stereocenters. The van der Waals surface area contributed by atoms with Crippen LogP contribution in [0.3, 0.4) is 0 Å². The molecule has 0 heterocycles. The summed E-state index contributed by atoms with van der Waals surface area (Å²) >= 11 is 0.779. The van der Waals surface area contributed by atoms with Gasteiger partial charge in [-0.2, -0.15) is 13.2 Å². The molecule has 0 spiro atoms. The largest absolute Gasteiger partial charge is 0.488 e. The molecule has 0 saturated heterocycles. The van der Waals surface area contributed by atoms with E-state index in [1.165, 1.54) is 18.4 Å². The summed E-state index contributed by atoms with van der Waals surface area (Å²) in [5.41, 5.74) is 0.852. The van der Waals surface area contributed by atoms with Crippen molar-refractivity contribution in [3.05, 3.63) is 58.7 Å². The second-order valence-corrected chi connectivity index (χ2v) is 6.32. The van der Waals surface area contributed by atoms with Crippen LogP contribution in [-0.4, -0.2) is 11.6 Å². The van der Waals surface area contributed by atoms with Gasteiger partial charge < -0.3 is 9.47 Å². The molecule has 0 amide bonds. The van der Waals surface area contributed by atoms with Gasteiger partial charge in [0.25, 0.3) is 0 Å². The van der Waals surface area contributed by atoms with Gasteiger partial charge in [-0.25, -0.2) is 4.79 Å². The minimum atomic E-state index is -4.58. The van der Waals surface area contributed by atoms with Crippen molar-refractivity contribution >= 4 is 17.1 Å². The van der Waals surface area contributed by atoms with Crippen LogP contribution in [0.15, 0.2) is 36.4 Å². The fourth-order valence-corrected chi connectivity index (χ4v) is 2.62. The van der Waals surface area contributed by atoms with Crippen molar-refractivity contribution in [3.63, 3.8) is 0 Å². The third-order valence-electron chi connectivity index (χ3n) is 3.82. The van der Waals surface area contributed by atoms with E-state index >= 15 is 0 Å². The molecule has 7 heteroatoms. The number of thioether (sulfide) groups is 1. The topological polar surface area (TPSA) is 35.5 Å². The van der Waals surface area contributed by atoms with Crippen LogP contribution in [0, 0.1) is 6.92 Å². The Kier molecular flexibility index (Phi) is 6.58. The number of carbonyl (C=O) groups is 1. The van der Waals surface area contributed by atoms with Crippen LogP contribution in [-0.2, 0) is 19.2 Å². The van der Waals surface area contributed by atoms with Crippen LogP contribution in [0.2, 0.25) is 0 Å². The van der Waals surface area contributed by atoms with Crippen LogP contribution >= 0.6 is 11.8 Å². The lowest BCUT2D eigenvalue weighted by molar-refractivity contribution is -0.138. The molecule has 0 radical (unpaired) electrons. The Morgan fingerprint density at radius 1 is 1.15 bits per heavy atom. The SMILES string of the molecule is CCc1ccc(OCc2c(OC(=O)SC)cccc2C(F)(F)F)c(C)c1. The third kappa shape index (κ3) is 4.94. The number of alkyl halides is 3. The fourth-order valence-electron chi connectivity index (χ4n) is 2.45. The average molecular weight is 384 g/mol. The lowest BCUT2D eigenvalue weighted by Crippen LogP contribution is -2.14. The molecular formula is C19H19F3O3S. The highest BCUT2D eigenvalue weighted by atomic mass is 32.2. The number of carbonyl (C=O) groups excluding carboxylic acids is 1. The van der Waals surface area contributed by atoms with Crippen LogP contribution in [0.1, 0.15) is 29.2 Å². The van der Waals surface area contributed by atoms with Crippen LogP contribution in [0.5, 0.6) is 11.5 Å². The van der Waals surface area contributed by atoms with E-state index in [2.05, 4.69) is 0 Å². The normalized spacial score (nSPS) is 11.3. The van der Waals surface area contributed by atoms with Gasteiger partial charge in [-0.3, -0.25) is 0 Å². The highest BCUT2D eigenvalue weighted by molar-refractivity contribution is 8.12. The predicted octanol–water partition coefficient (Wildman–Crippen LogP) is 6.02. The molecule has 2 rings (SSSR count). The lowest BCUT2D eigenvalue weighted by atomic mass is 10.1. The van der Waals surface area contributed by atoms with Gasteiger partial charge in [0.2, 0.25) is 0 Å². The van der Waals surface area contributed by atoms with Crippen molar-refractivity contribution in [2.45, 2.75) is 33.1 Å². The summed E-state index contributed by atoms with van der Waals surface area (Å²) in [6.45, 7) is 3.49. The quantitative estimate of drug-likeness (QED) is 0.591. The molecule has 0 aromatic heterocycles. The highest BCUT2D eigenvalue weighted by Crippen LogP contribution is 2.37. The van der Waals surface area contributed by atoms with Crippen LogP contribution in [0.4, 0.5) is 18.0 Å². The van der Waals surface area contributed by atoms with E-state index in [1.807, 2.05) is 26.0 Å². The maximum absolute atomic E-state index is 13.4. The van der Waals surface area contributed by atoms with Crippen molar-refractivity contribution in [1.82, 2.24) is 0 Å². The van der Waals surface area contributed by atoms with Crippen molar-refractivity contribution in [1.29, 1.82) is 0 Å². The first kappa shape index (κ1) is 20.2. The van der Waals surface area contributed by atoms with Crippen molar-refractivity contribution in [2.24, 2.45) is 0 Å². The zero-order valence-electron chi connectivity index (χ0n) is 14.6. The van der Waals surface area contributed by atoms with E-state index in [9.17, 15) is 18.0 Å². The Labute approximate surface area is 154 Å². The molecule has 0 fully saturated rings. The molecule has 26 heavy (non-hydrogen) atoms.